The second-order valence-corrected chi connectivity index (χ2v) is 13.4. The highest BCUT2D eigenvalue weighted by Crippen LogP contribution is 2.45. The third-order valence-corrected chi connectivity index (χ3v) is 8.31. The van der Waals surface area contributed by atoms with Gasteiger partial charge in [-0.25, -0.2) is 0 Å². The minimum Gasteiger partial charge on any atom is -0.467 e. The van der Waals surface area contributed by atoms with Gasteiger partial charge in [0.15, 0.2) is 12.6 Å². The van der Waals surface area contributed by atoms with Crippen LogP contribution in [0.5, 0.6) is 5.75 Å². The molecule has 0 amide bonds. The van der Waals surface area contributed by atoms with Crippen LogP contribution in [0.1, 0.15) is 55.4 Å². The van der Waals surface area contributed by atoms with Crippen LogP contribution in [-0.4, -0.2) is 59.6 Å². The van der Waals surface area contributed by atoms with Crippen molar-refractivity contribution >= 4 is 40.9 Å². The molecule has 1 saturated carbocycles. The van der Waals surface area contributed by atoms with E-state index in [-0.39, 0.29) is 19.5 Å². The normalized spacial score (nSPS) is 22.7. The Morgan fingerprint density at radius 3 is 2.42 bits per heavy atom. The van der Waals surface area contributed by atoms with Gasteiger partial charge in [-0.05, 0) is 37.0 Å². The summed E-state index contributed by atoms with van der Waals surface area (Å²) in [5.41, 5.74) is 2.24. The number of ether oxygens (including phenoxy) is 6. The maximum atomic E-state index is 11.8. The molecule has 0 radical (unpaired) electrons. The van der Waals surface area contributed by atoms with Crippen LogP contribution in [0.4, 0.5) is 0 Å². The number of hydrogen-bond donors (Lipinski definition) is 1. The molecule has 10 heteroatoms. The van der Waals surface area contributed by atoms with Crippen molar-refractivity contribution in [3.63, 3.8) is 0 Å². The molecule has 7 nitrogen and oxygen atoms in total. The fourth-order valence-electron chi connectivity index (χ4n) is 5.99. The van der Waals surface area contributed by atoms with Gasteiger partial charge in [0.05, 0.1) is 31.5 Å². The Morgan fingerprint density at radius 1 is 1.07 bits per heavy atom. The molecule has 43 heavy (non-hydrogen) atoms. The topological polar surface area (TPSA) is 75.6 Å². The van der Waals surface area contributed by atoms with Crippen LogP contribution >= 0.6 is 34.8 Å². The lowest BCUT2D eigenvalue weighted by Gasteiger charge is -2.38. The Kier molecular flexibility index (Phi) is 12.4. The van der Waals surface area contributed by atoms with E-state index in [9.17, 15) is 5.11 Å². The van der Waals surface area contributed by atoms with Gasteiger partial charge < -0.3 is 33.5 Å². The maximum absolute atomic E-state index is 11.8. The molecule has 236 valence electrons. The van der Waals surface area contributed by atoms with Gasteiger partial charge in [0, 0.05) is 31.4 Å². The fourth-order valence-corrected chi connectivity index (χ4v) is 6.18. The third kappa shape index (κ3) is 8.75. The lowest BCUT2D eigenvalue weighted by Crippen LogP contribution is -2.50. The molecule has 4 rings (SSSR count). The molecular weight excluding hydrogens is 615 g/mol. The van der Waals surface area contributed by atoms with Crippen molar-refractivity contribution in [1.29, 1.82) is 0 Å². The van der Waals surface area contributed by atoms with Gasteiger partial charge >= 0.3 is 0 Å². The van der Waals surface area contributed by atoms with Gasteiger partial charge in [-0.2, -0.15) is 0 Å². The van der Waals surface area contributed by atoms with Crippen molar-refractivity contribution in [3.05, 3.63) is 84.5 Å². The zero-order valence-electron chi connectivity index (χ0n) is 24.6. The first-order chi connectivity index (χ1) is 20.6. The number of rotatable bonds is 15. The van der Waals surface area contributed by atoms with Crippen molar-refractivity contribution in [2.24, 2.45) is 5.92 Å². The zero-order chi connectivity index (χ0) is 31.0. The summed E-state index contributed by atoms with van der Waals surface area (Å²) in [6, 6.07) is 15.2. The second kappa shape index (κ2) is 15.6. The first-order valence-corrected chi connectivity index (χ1v) is 15.6. The molecule has 2 aromatic rings. The molecular formula is C33H41Cl3O7. The number of aliphatic hydroxyl groups excluding tert-OH is 1. The molecule has 0 bridgehead atoms. The van der Waals surface area contributed by atoms with Crippen molar-refractivity contribution < 1.29 is 33.5 Å². The van der Waals surface area contributed by atoms with E-state index in [1.165, 1.54) is 0 Å². The minimum atomic E-state index is -1.67. The van der Waals surface area contributed by atoms with E-state index in [1.54, 1.807) is 31.4 Å². The summed E-state index contributed by atoms with van der Waals surface area (Å²) < 4.78 is 35.1. The molecule has 1 N–H and O–H groups in total. The summed E-state index contributed by atoms with van der Waals surface area (Å²) in [6.45, 7) is 10.1. The number of aliphatic hydroxyl groups is 1. The Labute approximate surface area is 269 Å². The standard InChI is InChI=1S/C33H41Cl3O7/c1-5-24-26(15-12-16-27(24)41-21-39-19-23-13-8-7-9-14-23)28(37)25(6-2)30(38-4)31(40-20-33(34,35)36)29-22(3)42-32(43-29)17-10-11-18-32/h5-9,12-16,22,25,28-31,37H,1-2,10-11,17-21H2,3-4H3/t22-,25+,28-,29+,30+,31-/m1/s1. The Bertz CT molecular complexity index is 1180. The summed E-state index contributed by atoms with van der Waals surface area (Å²) in [5.74, 6) is -0.814. The van der Waals surface area contributed by atoms with E-state index in [0.29, 0.717) is 23.5 Å². The van der Waals surface area contributed by atoms with Gasteiger partial charge in [-0.3, -0.25) is 0 Å². The van der Waals surface area contributed by atoms with Crippen LogP contribution in [0, 0.1) is 5.92 Å². The molecule has 1 aliphatic carbocycles. The summed E-state index contributed by atoms with van der Waals surface area (Å²) in [5, 5.41) is 11.8. The quantitative estimate of drug-likeness (QED) is 0.0919. The van der Waals surface area contributed by atoms with Gasteiger partial charge in [0.1, 0.15) is 18.0 Å². The summed E-state index contributed by atoms with van der Waals surface area (Å²) >= 11 is 18.3. The van der Waals surface area contributed by atoms with E-state index in [4.69, 9.17) is 63.2 Å². The molecule has 1 saturated heterocycles. The van der Waals surface area contributed by atoms with Gasteiger partial charge in [0.2, 0.25) is 3.79 Å². The van der Waals surface area contributed by atoms with Crippen LogP contribution in [0.25, 0.3) is 6.08 Å². The van der Waals surface area contributed by atoms with Gasteiger partial charge in [-0.1, -0.05) is 96.0 Å². The second-order valence-electron chi connectivity index (χ2n) is 10.9. The summed E-state index contributed by atoms with van der Waals surface area (Å²) in [6.07, 6.45) is 3.44. The first kappa shape index (κ1) is 34.2. The number of halogens is 3. The molecule has 0 unspecified atom stereocenters. The lowest BCUT2D eigenvalue weighted by atomic mass is 9.84. The SMILES string of the molecule is C=Cc1c(OCOCc2ccccc2)cccc1[C@H](O)[C@H](C=C)[C@H](OC)[C@H](OCC(Cl)(Cl)Cl)[C@H]1OC2(CCCC2)O[C@@H]1C. The minimum absolute atomic E-state index is 0.0203. The number of hydrogen-bond acceptors (Lipinski definition) is 7. The Hall–Kier alpha value is -1.65. The maximum Gasteiger partial charge on any atom is 0.213 e. The van der Waals surface area contributed by atoms with Crippen LogP contribution < -0.4 is 4.74 Å². The molecule has 0 aromatic heterocycles. The van der Waals surface area contributed by atoms with Gasteiger partial charge in [-0.15, -0.1) is 6.58 Å². The van der Waals surface area contributed by atoms with Crippen molar-refractivity contribution in [2.75, 3.05) is 20.5 Å². The smallest absolute Gasteiger partial charge is 0.213 e. The van der Waals surface area contributed by atoms with Crippen LogP contribution in [-0.2, 0) is 30.3 Å². The third-order valence-electron chi connectivity index (χ3n) is 7.99. The monoisotopic (exact) mass is 654 g/mol. The Morgan fingerprint density at radius 2 is 1.79 bits per heavy atom. The molecule has 2 fully saturated rings. The predicted molar refractivity (Wildman–Crippen MR) is 169 cm³/mol. The van der Waals surface area contributed by atoms with E-state index in [0.717, 1.165) is 31.2 Å². The lowest BCUT2D eigenvalue weighted by molar-refractivity contribution is -0.194. The van der Waals surface area contributed by atoms with Crippen molar-refractivity contribution in [1.82, 2.24) is 0 Å². The van der Waals surface area contributed by atoms with Crippen molar-refractivity contribution in [3.8, 4) is 5.75 Å². The Balaban J connectivity index is 1.55. The number of benzene rings is 2. The van der Waals surface area contributed by atoms with Gasteiger partial charge in [0.25, 0.3) is 0 Å². The van der Waals surface area contributed by atoms with E-state index < -0.39 is 39.9 Å². The highest BCUT2D eigenvalue weighted by Gasteiger charge is 2.53. The van der Waals surface area contributed by atoms with Crippen LogP contribution in [0.2, 0.25) is 0 Å². The number of alkyl halides is 3. The first-order valence-electron chi connectivity index (χ1n) is 14.5. The molecule has 2 aliphatic rings. The molecule has 1 aliphatic heterocycles. The molecule has 1 heterocycles. The molecule has 2 aromatic carbocycles. The average Bonchev–Trinajstić information content (AvgIpc) is 3.59. The van der Waals surface area contributed by atoms with Crippen molar-refractivity contribution in [2.45, 2.75) is 79.3 Å². The van der Waals surface area contributed by atoms with E-state index in [1.807, 2.05) is 43.3 Å². The number of methoxy groups -OCH3 is 1. The largest absolute Gasteiger partial charge is 0.467 e. The van der Waals surface area contributed by atoms with Crippen LogP contribution in [0.3, 0.4) is 0 Å². The average molecular weight is 656 g/mol. The highest BCUT2D eigenvalue weighted by atomic mass is 35.6. The summed E-state index contributed by atoms with van der Waals surface area (Å²) in [7, 11) is 1.55. The predicted octanol–water partition coefficient (Wildman–Crippen LogP) is 7.56. The zero-order valence-corrected chi connectivity index (χ0v) is 26.9. The summed E-state index contributed by atoms with van der Waals surface area (Å²) in [4.78, 5) is 0. The van der Waals surface area contributed by atoms with E-state index in [2.05, 4.69) is 13.2 Å². The molecule has 6 atom stereocenters. The van der Waals surface area contributed by atoms with E-state index >= 15 is 0 Å². The highest BCUT2D eigenvalue weighted by molar-refractivity contribution is 6.67. The molecule has 1 spiro atoms. The fraction of sp³-hybridized carbons (Fsp3) is 0.515. The van der Waals surface area contributed by atoms with Crippen LogP contribution in [0.15, 0.2) is 67.8 Å².